The van der Waals surface area contributed by atoms with Crippen LogP contribution in [0.5, 0.6) is 0 Å². The van der Waals surface area contributed by atoms with Crippen LogP contribution >= 0.6 is 11.6 Å². The van der Waals surface area contributed by atoms with Crippen molar-refractivity contribution < 1.29 is 9.53 Å². The van der Waals surface area contributed by atoms with E-state index in [4.69, 9.17) is 22.1 Å². The maximum Gasteiger partial charge on any atom is 0.338 e. The third kappa shape index (κ3) is 3.31. The highest BCUT2D eigenvalue weighted by Crippen LogP contribution is 2.19. The van der Waals surface area contributed by atoms with E-state index in [2.05, 4.69) is 0 Å². The second-order valence-corrected chi connectivity index (χ2v) is 5.15. The molecule has 0 spiro atoms. The minimum atomic E-state index is -0.409. The van der Waals surface area contributed by atoms with E-state index in [-0.39, 0.29) is 6.61 Å². The smallest absolute Gasteiger partial charge is 0.338 e. The number of halogens is 1. The Kier molecular flexibility index (Phi) is 4.30. The van der Waals surface area contributed by atoms with Crippen LogP contribution < -0.4 is 5.73 Å². The Balaban J connectivity index is 2.06. The van der Waals surface area contributed by atoms with Crippen LogP contribution in [-0.4, -0.2) is 5.97 Å². The molecule has 0 radical (unpaired) electrons. The second-order valence-electron chi connectivity index (χ2n) is 4.74. The molecular weight excluding hydrogens is 274 g/mol. The zero-order chi connectivity index (χ0) is 14.7. The summed E-state index contributed by atoms with van der Waals surface area (Å²) >= 11 is 6.09. The lowest BCUT2D eigenvalue weighted by Gasteiger charge is -2.08. The molecule has 0 aromatic heterocycles. The summed E-state index contributed by atoms with van der Waals surface area (Å²) in [7, 11) is 0. The van der Waals surface area contributed by atoms with Crippen LogP contribution in [0, 0.1) is 13.8 Å². The van der Waals surface area contributed by atoms with Crippen molar-refractivity contribution in [2.24, 2.45) is 0 Å². The highest BCUT2D eigenvalue weighted by molar-refractivity contribution is 6.31. The summed E-state index contributed by atoms with van der Waals surface area (Å²) in [5.41, 5.74) is 9.58. The molecule has 2 N–H and O–H groups in total. The van der Waals surface area contributed by atoms with E-state index < -0.39 is 5.97 Å². The fourth-order valence-electron chi connectivity index (χ4n) is 1.76. The van der Waals surface area contributed by atoms with Gasteiger partial charge in [0.05, 0.1) is 5.56 Å². The van der Waals surface area contributed by atoms with Gasteiger partial charge in [-0.1, -0.05) is 29.8 Å². The van der Waals surface area contributed by atoms with Gasteiger partial charge >= 0.3 is 5.97 Å². The number of carbonyl (C=O) groups excluding carboxylic acids is 1. The van der Waals surface area contributed by atoms with Crippen LogP contribution in [0.25, 0.3) is 0 Å². The first-order valence-corrected chi connectivity index (χ1v) is 6.63. The SMILES string of the molecule is Cc1ccc(COC(=O)c2ccc(C)c(N)c2)c(Cl)c1. The molecule has 0 saturated carbocycles. The molecule has 0 saturated heterocycles. The lowest BCUT2D eigenvalue weighted by atomic mass is 10.1. The summed E-state index contributed by atoms with van der Waals surface area (Å²) < 4.78 is 5.25. The van der Waals surface area contributed by atoms with E-state index in [0.29, 0.717) is 16.3 Å². The first-order chi connectivity index (χ1) is 9.47. The normalized spacial score (nSPS) is 10.3. The summed E-state index contributed by atoms with van der Waals surface area (Å²) in [6, 6.07) is 10.7. The number of ether oxygens (including phenoxy) is 1. The number of esters is 1. The summed E-state index contributed by atoms with van der Waals surface area (Å²) in [6.07, 6.45) is 0. The van der Waals surface area contributed by atoms with Gasteiger partial charge in [0, 0.05) is 16.3 Å². The van der Waals surface area contributed by atoms with Crippen LogP contribution in [0.1, 0.15) is 27.0 Å². The molecular formula is C16H16ClNO2. The predicted octanol–water partition coefficient (Wildman–Crippen LogP) is 3.90. The fraction of sp³-hybridized carbons (Fsp3) is 0.188. The number of anilines is 1. The average molecular weight is 290 g/mol. The van der Waals surface area contributed by atoms with Crippen LogP contribution in [0.3, 0.4) is 0 Å². The predicted molar refractivity (Wildman–Crippen MR) is 80.9 cm³/mol. The number of nitrogens with two attached hydrogens (primary N) is 1. The largest absolute Gasteiger partial charge is 0.457 e. The highest BCUT2D eigenvalue weighted by Gasteiger charge is 2.10. The Morgan fingerprint density at radius 2 is 1.95 bits per heavy atom. The molecule has 2 aromatic carbocycles. The molecule has 0 unspecified atom stereocenters. The van der Waals surface area contributed by atoms with Crippen molar-refractivity contribution in [1.29, 1.82) is 0 Å². The van der Waals surface area contributed by atoms with Gasteiger partial charge in [0.25, 0.3) is 0 Å². The maximum absolute atomic E-state index is 11.9. The minimum absolute atomic E-state index is 0.145. The van der Waals surface area contributed by atoms with Gasteiger partial charge in [-0.2, -0.15) is 0 Å². The third-order valence-corrected chi connectivity index (χ3v) is 3.43. The molecule has 0 fully saturated rings. The van der Waals surface area contributed by atoms with Gasteiger partial charge in [-0.25, -0.2) is 4.79 Å². The van der Waals surface area contributed by atoms with Crippen LogP contribution in [0.15, 0.2) is 36.4 Å². The highest BCUT2D eigenvalue weighted by atomic mass is 35.5. The van der Waals surface area contributed by atoms with Gasteiger partial charge in [-0.15, -0.1) is 0 Å². The Bertz CT molecular complexity index is 653. The number of benzene rings is 2. The van der Waals surface area contributed by atoms with E-state index >= 15 is 0 Å². The number of hydrogen-bond donors (Lipinski definition) is 1. The number of nitrogen functional groups attached to an aromatic ring is 1. The van der Waals surface area contributed by atoms with Crippen molar-refractivity contribution in [3.63, 3.8) is 0 Å². The number of rotatable bonds is 3. The standard InChI is InChI=1S/C16H16ClNO2/c1-10-3-5-13(14(17)7-10)9-20-16(19)12-6-4-11(2)15(18)8-12/h3-8H,9,18H2,1-2H3. The van der Waals surface area contributed by atoms with Gasteiger partial charge < -0.3 is 10.5 Å². The molecule has 2 rings (SSSR count). The lowest BCUT2D eigenvalue weighted by molar-refractivity contribution is 0.0473. The quantitative estimate of drug-likeness (QED) is 0.689. The molecule has 104 valence electrons. The van der Waals surface area contributed by atoms with Crippen molar-refractivity contribution in [3.05, 3.63) is 63.7 Å². The second kappa shape index (κ2) is 5.97. The zero-order valence-electron chi connectivity index (χ0n) is 11.4. The molecule has 4 heteroatoms. The molecule has 0 aliphatic rings. The van der Waals surface area contributed by atoms with Crippen LogP contribution in [-0.2, 0) is 11.3 Å². The monoisotopic (exact) mass is 289 g/mol. The van der Waals surface area contributed by atoms with Crippen molar-refractivity contribution in [2.75, 3.05) is 5.73 Å². The van der Waals surface area contributed by atoms with Gasteiger partial charge in [-0.05, 0) is 43.2 Å². The van der Waals surface area contributed by atoms with E-state index in [9.17, 15) is 4.79 Å². The number of hydrogen-bond acceptors (Lipinski definition) is 3. The molecule has 0 heterocycles. The van der Waals surface area contributed by atoms with Gasteiger partial charge in [0.1, 0.15) is 6.61 Å². The zero-order valence-corrected chi connectivity index (χ0v) is 12.2. The minimum Gasteiger partial charge on any atom is -0.457 e. The third-order valence-electron chi connectivity index (χ3n) is 3.08. The van der Waals surface area contributed by atoms with E-state index in [1.165, 1.54) is 0 Å². The van der Waals surface area contributed by atoms with Gasteiger partial charge in [0.2, 0.25) is 0 Å². The summed E-state index contributed by atoms with van der Waals surface area (Å²) in [6.45, 7) is 3.99. The van der Waals surface area contributed by atoms with Gasteiger partial charge in [-0.3, -0.25) is 0 Å². The van der Waals surface area contributed by atoms with Gasteiger partial charge in [0.15, 0.2) is 0 Å². The Morgan fingerprint density at radius 1 is 1.20 bits per heavy atom. The first-order valence-electron chi connectivity index (χ1n) is 6.25. The number of carbonyl (C=O) groups is 1. The number of aryl methyl sites for hydroxylation is 2. The van der Waals surface area contributed by atoms with Crippen LogP contribution in [0.4, 0.5) is 5.69 Å². The summed E-state index contributed by atoms with van der Waals surface area (Å²) in [5, 5.41) is 0.598. The molecule has 20 heavy (non-hydrogen) atoms. The lowest BCUT2D eigenvalue weighted by Crippen LogP contribution is -2.06. The summed E-state index contributed by atoms with van der Waals surface area (Å²) in [4.78, 5) is 11.9. The molecule has 3 nitrogen and oxygen atoms in total. The van der Waals surface area contributed by atoms with Crippen LogP contribution in [0.2, 0.25) is 5.02 Å². The molecule has 0 aliphatic heterocycles. The average Bonchev–Trinajstić information content (AvgIpc) is 2.40. The molecule has 0 aliphatic carbocycles. The first kappa shape index (κ1) is 14.4. The molecule has 0 amide bonds. The maximum atomic E-state index is 11.9. The Labute approximate surface area is 123 Å². The van der Waals surface area contributed by atoms with E-state index in [1.54, 1.807) is 18.2 Å². The van der Waals surface area contributed by atoms with Crippen molar-refractivity contribution >= 4 is 23.3 Å². The summed E-state index contributed by atoms with van der Waals surface area (Å²) in [5.74, 6) is -0.409. The van der Waals surface area contributed by atoms with E-state index in [0.717, 1.165) is 16.7 Å². The molecule has 0 atom stereocenters. The van der Waals surface area contributed by atoms with Crippen molar-refractivity contribution in [1.82, 2.24) is 0 Å². The molecule has 0 bridgehead atoms. The van der Waals surface area contributed by atoms with E-state index in [1.807, 2.05) is 32.0 Å². The van der Waals surface area contributed by atoms with Crippen molar-refractivity contribution in [3.8, 4) is 0 Å². The Hall–Kier alpha value is -2.00. The topological polar surface area (TPSA) is 52.3 Å². The fourth-order valence-corrected chi connectivity index (χ4v) is 2.05. The van der Waals surface area contributed by atoms with Crippen molar-refractivity contribution in [2.45, 2.75) is 20.5 Å². The molecule has 2 aromatic rings. The Morgan fingerprint density at radius 3 is 2.60 bits per heavy atom.